The minimum atomic E-state index is -0.258. The third-order valence-electron chi connectivity index (χ3n) is 3.86. The van der Waals surface area contributed by atoms with Crippen LogP contribution in [-0.2, 0) is 0 Å². The second-order valence-electron chi connectivity index (χ2n) is 5.94. The number of hydrogen-bond donors (Lipinski definition) is 1. The van der Waals surface area contributed by atoms with Crippen molar-refractivity contribution in [3.63, 3.8) is 0 Å². The highest BCUT2D eigenvalue weighted by Gasteiger charge is 2.32. The summed E-state index contributed by atoms with van der Waals surface area (Å²) in [7, 11) is 0. The third-order valence-corrected chi connectivity index (χ3v) is 3.86. The van der Waals surface area contributed by atoms with Gasteiger partial charge in [0.25, 0.3) is 0 Å². The summed E-state index contributed by atoms with van der Waals surface area (Å²) in [5, 5.41) is 13.6. The molecule has 0 amide bonds. The number of rotatable bonds is 5. The minimum absolute atomic E-state index is 0.131. The highest BCUT2D eigenvalue weighted by molar-refractivity contribution is 4.98. The Morgan fingerprint density at radius 1 is 1.37 bits per heavy atom. The van der Waals surface area contributed by atoms with Crippen molar-refractivity contribution >= 4 is 0 Å². The maximum Gasteiger partial charge on any atom is 0.243 e. The molecule has 5 heteroatoms. The van der Waals surface area contributed by atoms with Crippen molar-refractivity contribution in [1.29, 1.82) is 0 Å². The molecule has 0 saturated carbocycles. The number of hydrogen-bond acceptors (Lipinski definition) is 5. The summed E-state index contributed by atoms with van der Waals surface area (Å²) in [6, 6.07) is 0.552. The van der Waals surface area contributed by atoms with Crippen molar-refractivity contribution in [2.75, 3.05) is 6.54 Å². The largest absolute Gasteiger partial charge is 0.393 e. The molecule has 19 heavy (non-hydrogen) atoms. The van der Waals surface area contributed by atoms with Crippen LogP contribution in [0.2, 0.25) is 0 Å². The lowest BCUT2D eigenvalue weighted by molar-refractivity contribution is 0.102. The van der Waals surface area contributed by atoms with Crippen LogP contribution < -0.4 is 0 Å². The first-order valence-electron chi connectivity index (χ1n) is 7.26. The number of nitrogens with zero attached hydrogens (tertiary/aromatic N) is 3. The van der Waals surface area contributed by atoms with Crippen molar-refractivity contribution < 1.29 is 9.63 Å². The average molecular weight is 267 g/mol. The highest BCUT2D eigenvalue weighted by Crippen LogP contribution is 2.31. The Morgan fingerprint density at radius 2 is 2.11 bits per heavy atom. The molecule has 1 aliphatic rings. The zero-order valence-corrected chi connectivity index (χ0v) is 12.3. The molecule has 0 aliphatic carbocycles. The number of aromatic nitrogens is 2. The number of aliphatic hydroxyl groups is 1. The normalized spacial score (nSPS) is 24.0. The Balaban J connectivity index is 2.06. The van der Waals surface area contributed by atoms with E-state index in [1.54, 1.807) is 0 Å². The summed E-state index contributed by atoms with van der Waals surface area (Å²) in [5.74, 6) is 1.76. The first-order valence-corrected chi connectivity index (χ1v) is 7.26. The summed E-state index contributed by atoms with van der Waals surface area (Å²) < 4.78 is 5.39. The van der Waals surface area contributed by atoms with Crippen molar-refractivity contribution in [3.8, 4) is 0 Å². The summed E-state index contributed by atoms with van der Waals surface area (Å²) >= 11 is 0. The molecule has 0 bridgehead atoms. The maximum absolute atomic E-state index is 9.58. The molecule has 1 N–H and O–H groups in total. The van der Waals surface area contributed by atoms with E-state index in [1.165, 1.54) is 6.42 Å². The second-order valence-corrected chi connectivity index (χ2v) is 5.94. The first kappa shape index (κ1) is 14.5. The van der Waals surface area contributed by atoms with Gasteiger partial charge in [-0.3, -0.25) is 4.90 Å². The van der Waals surface area contributed by atoms with E-state index in [1.807, 2.05) is 6.92 Å². The highest BCUT2D eigenvalue weighted by atomic mass is 16.5. The lowest BCUT2D eigenvalue weighted by Crippen LogP contribution is -2.34. The summed E-state index contributed by atoms with van der Waals surface area (Å²) in [5.41, 5.74) is 0. The predicted molar refractivity (Wildman–Crippen MR) is 72.8 cm³/mol. The van der Waals surface area contributed by atoms with Gasteiger partial charge < -0.3 is 9.63 Å². The SMILES string of the molecule is CC(O)CC1CCCN1C(C)c1nc(C(C)C)no1. The standard InChI is InChI=1S/C14H25N3O2/c1-9(2)13-15-14(19-16-13)11(4)17-7-5-6-12(17)8-10(3)18/h9-12,18H,5-8H2,1-4H3. The molecular formula is C14H25N3O2. The fourth-order valence-electron chi connectivity index (χ4n) is 2.81. The van der Waals surface area contributed by atoms with E-state index in [0.717, 1.165) is 25.2 Å². The molecule has 1 saturated heterocycles. The molecule has 108 valence electrons. The van der Waals surface area contributed by atoms with Crippen molar-refractivity contribution in [3.05, 3.63) is 11.7 Å². The average Bonchev–Trinajstić information content (AvgIpc) is 2.95. The van der Waals surface area contributed by atoms with Crippen LogP contribution in [0, 0.1) is 0 Å². The first-order chi connectivity index (χ1) is 8.99. The molecule has 1 fully saturated rings. The molecule has 5 nitrogen and oxygen atoms in total. The van der Waals surface area contributed by atoms with Gasteiger partial charge in [0.2, 0.25) is 5.89 Å². The molecule has 0 aromatic carbocycles. The molecule has 2 heterocycles. The van der Waals surface area contributed by atoms with Gasteiger partial charge in [0.05, 0.1) is 12.1 Å². The monoisotopic (exact) mass is 267 g/mol. The maximum atomic E-state index is 9.58. The van der Waals surface area contributed by atoms with Crippen LogP contribution in [0.5, 0.6) is 0 Å². The summed E-state index contributed by atoms with van der Waals surface area (Å²) in [6.07, 6.45) is 2.87. The summed E-state index contributed by atoms with van der Waals surface area (Å²) in [6.45, 7) is 9.12. The van der Waals surface area contributed by atoms with E-state index in [-0.39, 0.29) is 18.1 Å². The molecule has 3 atom stereocenters. The Kier molecular flexibility index (Phi) is 4.58. The van der Waals surface area contributed by atoms with Gasteiger partial charge in [0, 0.05) is 12.0 Å². The topological polar surface area (TPSA) is 62.4 Å². The van der Waals surface area contributed by atoms with Gasteiger partial charge in [-0.1, -0.05) is 19.0 Å². The van der Waals surface area contributed by atoms with Gasteiger partial charge >= 0.3 is 0 Å². The van der Waals surface area contributed by atoms with Crippen LogP contribution in [0.15, 0.2) is 4.52 Å². The van der Waals surface area contributed by atoms with Crippen LogP contribution in [-0.4, -0.2) is 38.8 Å². The minimum Gasteiger partial charge on any atom is -0.393 e. The molecule has 0 spiro atoms. The molecule has 2 rings (SSSR count). The van der Waals surface area contributed by atoms with Gasteiger partial charge in [-0.25, -0.2) is 0 Å². The van der Waals surface area contributed by atoms with Gasteiger partial charge in [0.1, 0.15) is 0 Å². The van der Waals surface area contributed by atoms with Crippen LogP contribution in [0.3, 0.4) is 0 Å². The van der Waals surface area contributed by atoms with Gasteiger partial charge in [0.15, 0.2) is 5.82 Å². The zero-order valence-electron chi connectivity index (χ0n) is 12.3. The van der Waals surface area contributed by atoms with Crippen molar-refractivity contribution in [2.24, 2.45) is 0 Å². The van der Waals surface area contributed by atoms with E-state index in [9.17, 15) is 5.11 Å². The third kappa shape index (κ3) is 3.34. The lowest BCUT2D eigenvalue weighted by Gasteiger charge is -2.29. The smallest absolute Gasteiger partial charge is 0.243 e. The van der Waals surface area contributed by atoms with Crippen molar-refractivity contribution in [2.45, 2.75) is 71.1 Å². The summed E-state index contributed by atoms with van der Waals surface area (Å²) in [4.78, 5) is 6.87. The molecule has 3 unspecified atom stereocenters. The molecule has 1 aromatic heterocycles. The van der Waals surface area contributed by atoms with Crippen LogP contribution in [0.4, 0.5) is 0 Å². The Hall–Kier alpha value is -0.940. The van der Waals surface area contributed by atoms with E-state index in [2.05, 4.69) is 35.8 Å². The molecule has 1 aromatic rings. The Morgan fingerprint density at radius 3 is 2.68 bits per heavy atom. The lowest BCUT2D eigenvalue weighted by atomic mass is 10.1. The zero-order chi connectivity index (χ0) is 14.0. The molecule has 0 radical (unpaired) electrons. The second kappa shape index (κ2) is 6.01. The Labute approximate surface area is 115 Å². The molecular weight excluding hydrogens is 242 g/mol. The predicted octanol–water partition coefficient (Wildman–Crippen LogP) is 2.49. The molecule has 1 aliphatic heterocycles. The van der Waals surface area contributed by atoms with Crippen LogP contribution in [0.1, 0.15) is 70.6 Å². The fourth-order valence-corrected chi connectivity index (χ4v) is 2.81. The van der Waals surface area contributed by atoms with Gasteiger partial charge in [-0.05, 0) is 39.7 Å². The van der Waals surface area contributed by atoms with E-state index < -0.39 is 0 Å². The van der Waals surface area contributed by atoms with Crippen LogP contribution in [0.25, 0.3) is 0 Å². The van der Waals surface area contributed by atoms with Gasteiger partial charge in [-0.2, -0.15) is 4.98 Å². The Bertz CT molecular complexity index is 403. The van der Waals surface area contributed by atoms with E-state index >= 15 is 0 Å². The number of likely N-dealkylation sites (tertiary alicyclic amines) is 1. The van der Waals surface area contributed by atoms with E-state index in [0.29, 0.717) is 11.9 Å². The van der Waals surface area contributed by atoms with Crippen molar-refractivity contribution in [1.82, 2.24) is 15.0 Å². The van der Waals surface area contributed by atoms with Gasteiger partial charge in [-0.15, -0.1) is 0 Å². The van der Waals surface area contributed by atoms with E-state index in [4.69, 9.17) is 4.52 Å². The van der Waals surface area contributed by atoms with Crippen LogP contribution >= 0.6 is 0 Å². The quantitative estimate of drug-likeness (QED) is 0.888. The fraction of sp³-hybridized carbons (Fsp3) is 0.857. The number of aliphatic hydroxyl groups excluding tert-OH is 1.